The van der Waals surface area contributed by atoms with E-state index in [1.165, 1.54) is 0 Å². The Morgan fingerprint density at radius 1 is 0.459 bits per heavy atom. The van der Waals surface area contributed by atoms with E-state index in [2.05, 4.69) is 31.9 Å². The Hall–Kier alpha value is -1.38. The Labute approximate surface area is 224 Å². The standard InChI is InChI=1S/C25H58N10O2/c26-10-3-16-30-14-1-8-22(32-18-5-12-28)24(36)34-20-7-21-35-25(37)23(33-19-6-13-29)9-2-15-31-17-4-11-27/h22-23,30-33H,1-21,26-29H2,(H,34,36)(H,35,37). The summed E-state index contributed by atoms with van der Waals surface area (Å²) in [5, 5.41) is 19.3. The lowest BCUT2D eigenvalue weighted by molar-refractivity contribution is -0.123. The van der Waals surface area contributed by atoms with Crippen LogP contribution in [0.4, 0.5) is 0 Å². The van der Waals surface area contributed by atoms with Gasteiger partial charge in [-0.1, -0.05) is 0 Å². The fourth-order valence-electron chi connectivity index (χ4n) is 3.73. The fourth-order valence-corrected chi connectivity index (χ4v) is 3.73. The average Bonchev–Trinajstić information content (AvgIpc) is 2.90. The van der Waals surface area contributed by atoms with Crippen molar-refractivity contribution < 1.29 is 9.59 Å². The molecule has 2 unspecified atom stereocenters. The molecule has 0 fully saturated rings. The summed E-state index contributed by atoms with van der Waals surface area (Å²) in [6, 6.07) is -0.487. The molecule has 2 atom stereocenters. The van der Waals surface area contributed by atoms with Crippen LogP contribution >= 0.6 is 0 Å². The van der Waals surface area contributed by atoms with Crippen molar-refractivity contribution in [3.63, 3.8) is 0 Å². The fraction of sp³-hybridized carbons (Fsp3) is 0.920. The predicted octanol–water partition coefficient (Wildman–Crippen LogP) is -2.34. The number of hydrogen-bond acceptors (Lipinski definition) is 10. The second kappa shape index (κ2) is 27.6. The third kappa shape index (κ3) is 22.3. The van der Waals surface area contributed by atoms with Gasteiger partial charge < -0.3 is 54.8 Å². The predicted molar refractivity (Wildman–Crippen MR) is 153 cm³/mol. The highest BCUT2D eigenvalue weighted by molar-refractivity contribution is 5.82. The van der Waals surface area contributed by atoms with E-state index < -0.39 is 0 Å². The number of nitrogens with one attached hydrogen (secondary N) is 6. The topological polar surface area (TPSA) is 210 Å². The summed E-state index contributed by atoms with van der Waals surface area (Å²) in [5.74, 6) is -0.0115. The first-order valence-corrected chi connectivity index (χ1v) is 14.3. The molecule has 14 N–H and O–H groups in total. The van der Waals surface area contributed by atoms with E-state index in [0.29, 0.717) is 58.8 Å². The molecule has 0 heterocycles. The van der Waals surface area contributed by atoms with Crippen molar-refractivity contribution in [2.75, 3.05) is 78.5 Å². The normalized spacial score (nSPS) is 12.9. The van der Waals surface area contributed by atoms with Crippen molar-refractivity contribution in [3.05, 3.63) is 0 Å². The van der Waals surface area contributed by atoms with Gasteiger partial charge in [-0.25, -0.2) is 0 Å². The summed E-state index contributed by atoms with van der Waals surface area (Å²) >= 11 is 0. The molecule has 37 heavy (non-hydrogen) atoms. The minimum atomic E-state index is -0.243. The smallest absolute Gasteiger partial charge is 0.237 e. The van der Waals surface area contributed by atoms with Gasteiger partial charge in [0.1, 0.15) is 0 Å². The maximum absolute atomic E-state index is 12.7. The summed E-state index contributed by atoms with van der Waals surface area (Å²) < 4.78 is 0. The maximum atomic E-state index is 12.7. The minimum absolute atomic E-state index is 0.00577. The maximum Gasteiger partial charge on any atom is 0.237 e. The van der Waals surface area contributed by atoms with Gasteiger partial charge in [-0.05, 0) is 123 Å². The molecule has 0 aliphatic heterocycles. The van der Waals surface area contributed by atoms with Crippen LogP contribution in [-0.4, -0.2) is 102 Å². The quantitative estimate of drug-likeness (QED) is 0.0487. The summed E-state index contributed by atoms with van der Waals surface area (Å²) in [7, 11) is 0. The van der Waals surface area contributed by atoms with Crippen LogP contribution in [0.25, 0.3) is 0 Å². The minimum Gasteiger partial charge on any atom is -0.355 e. The Kier molecular flexibility index (Phi) is 26.6. The molecule has 0 aromatic heterocycles. The van der Waals surface area contributed by atoms with Gasteiger partial charge >= 0.3 is 0 Å². The lowest BCUT2D eigenvalue weighted by Crippen LogP contribution is -2.47. The second-order valence-electron chi connectivity index (χ2n) is 9.30. The molecule has 2 amide bonds. The molecule has 0 radical (unpaired) electrons. The SMILES string of the molecule is NCCCNCCCC(NCCCN)C(=O)NCCCNC(=O)C(CCCNCCCN)NCCCN. The molecule has 0 aromatic rings. The van der Waals surface area contributed by atoms with Gasteiger partial charge in [0.15, 0.2) is 0 Å². The first-order chi connectivity index (χ1) is 18.1. The van der Waals surface area contributed by atoms with Crippen molar-refractivity contribution in [3.8, 4) is 0 Å². The lowest BCUT2D eigenvalue weighted by atomic mass is 10.1. The summed E-state index contributed by atoms with van der Waals surface area (Å²) in [6.07, 6.45) is 7.52. The molecule has 220 valence electrons. The van der Waals surface area contributed by atoms with E-state index in [-0.39, 0.29) is 23.9 Å². The molecule has 12 nitrogen and oxygen atoms in total. The van der Waals surface area contributed by atoms with Crippen LogP contribution in [0.3, 0.4) is 0 Å². The number of carbonyl (C=O) groups excluding carboxylic acids is 2. The molecule has 0 saturated heterocycles. The zero-order valence-electron chi connectivity index (χ0n) is 23.1. The van der Waals surface area contributed by atoms with Gasteiger partial charge in [-0.3, -0.25) is 9.59 Å². The molecule has 0 aromatic carbocycles. The first kappa shape index (κ1) is 35.6. The van der Waals surface area contributed by atoms with E-state index in [9.17, 15) is 9.59 Å². The monoisotopic (exact) mass is 530 g/mol. The highest BCUT2D eigenvalue weighted by Crippen LogP contribution is 2.00. The summed E-state index contributed by atoms with van der Waals surface area (Å²) in [6.45, 7) is 8.51. The molecule has 0 bridgehead atoms. The third-order valence-electron chi connectivity index (χ3n) is 5.94. The van der Waals surface area contributed by atoms with Crippen LogP contribution in [0.5, 0.6) is 0 Å². The van der Waals surface area contributed by atoms with Crippen molar-refractivity contribution in [2.24, 2.45) is 22.9 Å². The first-order valence-electron chi connectivity index (χ1n) is 14.3. The lowest BCUT2D eigenvalue weighted by Gasteiger charge is -2.20. The Morgan fingerprint density at radius 3 is 1.19 bits per heavy atom. The number of hydrogen-bond donors (Lipinski definition) is 10. The largest absolute Gasteiger partial charge is 0.355 e. The van der Waals surface area contributed by atoms with Crippen molar-refractivity contribution in [2.45, 2.75) is 69.9 Å². The van der Waals surface area contributed by atoms with Gasteiger partial charge in [0.05, 0.1) is 12.1 Å². The van der Waals surface area contributed by atoms with E-state index in [1.54, 1.807) is 0 Å². The van der Waals surface area contributed by atoms with Gasteiger partial charge in [0.25, 0.3) is 0 Å². The second-order valence-corrected chi connectivity index (χ2v) is 9.30. The average molecular weight is 531 g/mol. The van der Waals surface area contributed by atoms with E-state index in [1.807, 2.05) is 0 Å². The van der Waals surface area contributed by atoms with Crippen LogP contribution in [0.15, 0.2) is 0 Å². The number of carbonyl (C=O) groups is 2. The Balaban J connectivity index is 4.32. The van der Waals surface area contributed by atoms with Gasteiger partial charge in [-0.15, -0.1) is 0 Å². The van der Waals surface area contributed by atoms with Crippen LogP contribution < -0.4 is 54.8 Å². The van der Waals surface area contributed by atoms with Gasteiger partial charge in [0, 0.05) is 13.1 Å². The van der Waals surface area contributed by atoms with E-state index in [0.717, 1.165) is 77.5 Å². The number of rotatable bonds is 28. The molecule has 0 spiro atoms. The van der Waals surface area contributed by atoms with E-state index >= 15 is 0 Å². The molecular weight excluding hydrogens is 472 g/mol. The van der Waals surface area contributed by atoms with Crippen molar-refractivity contribution in [1.29, 1.82) is 0 Å². The Morgan fingerprint density at radius 2 is 0.811 bits per heavy atom. The van der Waals surface area contributed by atoms with Gasteiger partial charge in [0.2, 0.25) is 11.8 Å². The van der Waals surface area contributed by atoms with Crippen LogP contribution in [0.2, 0.25) is 0 Å². The zero-order chi connectivity index (χ0) is 27.4. The molecule has 12 heteroatoms. The highest BCUT2D eigenvalue weighted by atomic mass is 16.2. The molecular formula is C25H58N10O2. The summed E-state index contributed by atoms with van der Waals surface area (Å²) in [4.78, 5) is 25.4. The van der Waals surface area contributed by atoms with Gasteiger partial charge in [-0.2, -0.15) is 0 Å². The highest BCUT2D eigenvalue weighted by Gasteiger charge is 2.18. The van der Waals surface area contributed by atoms with Crippen LogP contribution in [0, 0.1) is 0 Å². The number of amides is 2. The zero-order valence-corrected chi connectivity index (χ0v) is 23.1. The van der Waals surface area contributed by atoms with Crippen LogP contribution in [-0.2, 0) is 9.59 Å². The van der Waals surface area contributed by atoms with E-state index in [4.69, 9.17) is 22.9 Å². The van der Waals surface area contributed by atoms with Crippen LogP contribution in [0.1, 0.15) is 57.8 Å². The molecule has 0 aliphatic carbocycles. The molecule has 0 saturated carbocycles. The Bertz CT molecular complexity index is 484. The molecule has 0 rings (SSSR count). The number of nitrogens with two attached hydrogens (primary N) is 4. The van der Waals surface area contributed by atoms with Crippen molar-refractivity contribution >= 4 is 11.8 Å². The van der Waals surface area contributed by atoms with Crippen molar-refractivity contribution in [1.82, 2.24) is 31.9 Å². The molecule has 0 aliphatic rings. The third-order valence-corrected chi connectivity index (χ3v) is 5.94. The summed E-state index contributed by atoms with van der Waals surface area (Å²) in [5.41, 5.74) is 22.2.